The first-order chi connectivity index (χ1) is 9.34. The summed E-state index contributed by atoms with van der Waals surface area (Å²) < 4.78 is 1.40. The maximum absolute atomic E-state index is 2.28. The monoisotopic (exact) mass is 263 g/mol. The maximum Gasteiger partial charge on any atom is 0.242 e. The molecule has 0 saturated carbocycles. The third kappa shape index (κ3) is 1.62. The van der Waals surface area contributed by atoms with E-state index in [1.807, 2.05) is 11.3 Å². The summed E-state index contributed by atoms with van der Waals surface area (Å²) in [6, 6.07) is 17.6. The first kappa shape index (κ1) is 11.1. The van der Waals surface area contributed by atoms with E-state index in [4.69, 9.17) is 0 Å². The highest BCUT2D eigenvalue weighted by Gasteiger charge is 2.27. The van der Waals surface area contributed by atoms with Crippen LogP contribution in [0.2, 0.25) is 0 Å². The van der Waals surface area contributed by atoms with Crippen molar-refractivity contribution in [3.05, 3.63) is 65.2 Å². The minimum atomic E-state index is 1.18. The van der Waals surface area contributed by atoms with Gasteiger partial charge in [0.25, 0.3) is 0 Å². The fraction of sp³-hybridized carbons (Fsp3) is 0.167. The lowest BCUT2D eigenvalue weighted by Crippen LogP contribution is -2.04. The van der Waals surface area contributed by atoms with E-state index in [2.05, 4.69) is 55.5 Å². The molecule has 1 heterocycles. The number of aryl methyl sites for hydroxylation is 2. The van der Waals surface area contributed by atoms with E-state index in [-0.39, 0.29) is 0 Å². The van der Waals surface area contributed by atoms with Gasteiger partial charge in [0.1, 0.15) is 0 Å². The molecule has 0 amide bonds. The van der Waals surface area contributed by atoms with Crippen LogP contribution in [-0.2, 0) is 12.8 Å². The smallest absolute Gasteiger partial charge is 0.0619 e. The molecule has 0 N–H and O–H groups in total. The SMILES string of the molecule is Cc1c2c([s+]c3ccccc13)-c1ccccc1CC2. The second kappa shape index (κ2) is 4.14. The minimum absolute atomic E-state index is 1.18. The lowest BCUT2D eigenvalue weighted by atomic mass is 9.88. The molecule has 0 aliphatic heterocycles. The van der Waals surface area contributed by atoms with Gasteiger partial charge in [-0.2, -0.15) is 0 Å². The maximum atomic E-state index is 2.28. The number of fused-ring (bicyclic) bond motifs is 4. The van der Waals surface area contributed by atoms with E-state index >= 15 is 0 Å². The Bertz CT molecular complexity index is 787. The van der Waals surface area contributed by atoms with Gasteiger partial charge in [-0.3, -0.25) is 0 Å². The van der Waals surface area contributed by atoms with E-state index < -0.39 is 0 Å². The van der Waals surface area contributed by atoms with Gasteiger partial charge in [-0.05, 0) is 43.0 Å². The summed E-state index contributed by atoms with van der Waals surface area (Å²) in [5, 5.41) is 1.42. The lowest BCUT2D eigenvalue weighted by molar-refractivity contribution is 0.940. The summed E-state index contributed by atoms with van der Waals surface area (Å²) in [5.74, 6) is 0. The second-order valence-electron chi connectivity index (χ2n) is 5.19. The number of hydrogen-bond donors (Lipinski definition) is 0. The van der Waals surface area contributed by atoms with Crippen LogP contribution in [0, 0.1) is 6.92 Å². The zero-order valence-electron chi connectivity index (χ0n) is 10.9. The van der Waals surface area contributed by atoms with Crippen LogP contribution < -0.4 is 0 Å². The molecule has 92 valence electrons. The largest absolute Gasteiger partial charge is 0.242 e. The van der Waals surface area contributed by atoms with Crippen molar-refractivity contribution in [2.45, 2.75) is 19.8 Å². The molecular weight excluding hydrogens is 248 g/mol. The van der Waals surface area contributed by atoms with Gasteiger partial charge in [-0.15, -0.1) is 0 Å². The van der Waals surface area contributed by atoms with Crippen molar-refractivity contribution in [2.24, 2.45) is 0 Å². The van der Waals surface area contributed by atoms with Crippen molar-refractivity contribution in [1.29, 1.82) is 0 Å². The van der Waals surface area contributed by atoms with Crippen molar-refractivity contribution in [2.75, 3.05) is 0 Å². The Kier molecular flexibility index (Phi) is 2.42. The van der Waals surface area contributed by atoms with Gasteiger partial charge < -0.3 is 0 Å². The molecule has 0 spiro atoms. The van der Waals surface area contributed by atoms with E-state index in [0.29, 0.717) is 0 Å². The van der Waals surface area contributed by atoms with E-state index in [9.17, 15) is 0 Å². The first-order valence-corrected chi connectivity index (χ1v) is 7.59. The van der Waals surface area contributed by atoms with Gasteiger partial charge in [0.2, 0.25) is 20.9 Å². The van der Waals surface area contributed by atoms with E-state index in [1.54, 1.807) is 5.56 Å². The molecule has 1 heteroatoms. The van der Waals surface area contributed by atoms with Crippen LogP contribution in [0.3, 0.4) is 0 Å². The molecule has 0 radical (unpaired) electrons. The van der Waals surface area contributed by atoms with Crippen LogP contribution in [0.1, 0.15) is 16.7 Å². The number of rotatable bonds is 0. The molecule has 0 atom stereocenters. The average Bonchev–Trinajstić information content (AvgIpc) is 2.47. The molecule has 1 aliphatic rings. The summed E-state index contributed by atoms with van der Waals surface area (Å²) in [6.45, 7) is 2.28. The highest BCUT2D eigenvalue weighted by molar-refractivity contribution is 7.21. The number of hydrogen-bond acceptors (Lipinski definition) is 0. The summed E-state index contributed by atoms with van der Waals surface area (Å²) in [4.78, 5) is 1.48. The highest BCUT2D eigenvalue weighted by atomic mass is 32.1. The highest BCUT2D eigenvalue weighted by Crippen LogP contribution is 2.41. The zero-order valence-corrected chi connectivity index (χ0v) is 11.8. The molecule has 0 unspecified atom stereocenters. The molecule has 0 nitrogen and oxygen atoms in total. The van der Waals surface area contributed by atoms with Gasteiger partial charge in [-0.1, -0.05) is 30.3 Å². The van der Waals surface area contributed by atoms with Crippen LogP contribution in [0.25, 0.3) is 20.5 Å². The number of benzene rings is 2. The van der Waals surface area contributed by atoms with Gasteiger partial charge >= 0.3 is 0 Å². The molecule has 1 aromatic heterocycles. The van der Waals surface area contributed by atoms with Crippen LogP contribution >= 0.6 is 11.3 Å². The fourth-order valence-electron chi connectivity index (χ4n) is 3.11. The summed E-state index contributed by atoms with van der Waals surface area (Å²) in [5.41, 5.74) is 5.98. The fourth-order valence-corrected chi connectivity index (χ4v) is 4.49. The van der Waals surface area contributed by atoms with E-state index in [0.717, 1.165) is 0 Å². The molecule has 1 aliphatic carbocycles. The standard InChI is InChI=1S/C18H15S/c1-12-14-7-4-5-9-17(14)19-18-15(12)11-10-13-6-2-3-8-16(13)18/h2-9H,10-11H2,1H3/q+1. The molecule has 2 aromatic carbocycles. The van der Waals surface area contributed by atoms with Crippen molar-refractivity contribution in [1.82, 2.24) is 0 Å². The Morgan fingerprint density at radius 3 is 2.63 bits per heavy atom. The van der Waals surface area contributed by atoms with Crippen LogP contribution in [0.15, 0.2) is 48.5 Å². The topological polar surface area (TPSA) is 0 Å². The molecular formula is C18H15S+. The summed E-state index contributed by atoms with van der Waals surface area (Å²) in [6.07, 6.45) is 2.36. The second-order valence-corrected chi connectivity index (χ2v) is 6.24. The summed E-state index contributed by atoms with van der Waals surface area (Å²) >= 11 is 1.95. The Morgan fingerprint density at radius 1 is 0.895 bits per heavy atom. The third-order valence-electron chi connectivity index (χ3n) is 4.14. The van der Waals surface area contributed by atoms with Crippen LogP contribution in [-0.4, -0.2) is 0 Å². The van der Waals surface area contributed by atoms with Crippen molar-refractivity contribution >= 4 is 21.4 Å². The zero-order chi connectivity index (χ0) is 12.8. The third-order valence-corrected chi connectivity index (χ3v) is 5.38. The molecule has 3 aromatic rings. The Hall–Kier alpha value is -1.73. The molecule has 0 fully saturated rings. The Labute approximate surface area is 117 Å². The van der Waals surface area contributed by atoms with Gasteiger partial charge in [0, 0.05) is 22.6 Å². The molecule has 0 bridgehead atoms. The van der Waals surface area contributed by atoms with Crippen molar-refractivity contribution in [3.63, 3.8) is 0 Å². The van der Waals surface area contributed by atoms with Crippen LogP contribution in [0.4, 0.5) is 0 Å². The lowest BCUT2D eigenvalue weighted by Gasteiger charge is -2.16. The van der Waals surface area contributed by atoms with Crippen molar-refractivity contribution < 1.29 is 0 Å². The van der Waals surface area contributed by atoms with E-state index in [1.165, 1.54) is 44.5 Å². The minimum Gasteiger partial charge on any atom is -0.0619 e. The van der Waals surface area contributed by atoms with Gasteiger partial charge in [0.05, 0.1) is 0 Å². The first-order valence-electron chi connectivity index (χ1n) is 6.77. The quantitative estimate of drug-likeness (QED) is 0.485. The molecule has 0 saturated heterocycles. The Morgan fingerprint density at radius 2 is 1.68 bits per heavy atom. The van der Waals surface area contributed by atoms with Crippen LogP contribution in [0.5, 0.6) is 0 Å². The Balaban J connectivity index is 2.11. The molecule has 19 heavy (non-hydrogen) atoms. The summed E-state index contributed by atoms with van der Waals surface area (Å²) in [7, 11) is 0. The molecule has 4 rings (SSSR count). The van der Waals surface area contributed by atoms with Gasteiger partial charge in [0.15, 0.2) is 0 Å². The predicted molar refractivity (Wildman–Crippen MR) is 83.8 cm³/mol. The van der Waals surface area contributed by atoms with Crippen molar-refractivity contribution in [3.8, 4) is 10.4 Å². The normalized spacial score (nSPS) is 13.1. The predicted octanol–water partition coefficient (Wildman–Crippen LogP) is 5.26. The van der Waals surface area contributed by atoms with Gasteiger partial charge in [-0.25, -0.2) is 0 Å². The average molecular weight is 263 g/mol.